The third-order valence-electron chi connectivity index (χ3n) is 12.6. The number of nitrogens with zero attached hydrogens (tertiary/aromatic N) is 1. The molecule has 1 aromatic rings. The van der Waals surface area contributed by atoms with E-state index in [0.717, 1.165) is 81.5 Å². The molecule has 9 heteroatoms. The molecule has 3 aliphatic rings. The van der Waals surface area contributed by atoms with Crippen molar-refractivity contribution in [3.8, 4) is 5.75 Å². The van der Waals surface area contributed by atoms with E-state index in [1.54, 1.807) is 6.07 Å². The molecule has 2 fully saturated rings. The van der Waals surface area contributed by atoms with Crippen molar-refractivity contribution in [1.82, 2.24) is 4.90 Å². The SMILES string of the molecule is CCCCC(CCCCCN(C)CCCCCCCC(F)(F)C(F)(F)F)CCCC[C@@H]1Cc2cc(O)ccc2C2C1C1CC[C@H](O)C1C[C@@H]2F. The Kier molecular flexibility index (Phi) is 16.1. The normalized spacial score (nSPS) is 27.3. The van der Waals surface area contributed by atoms with Crippen LogP contribution in [0.5, 0.6) is 5.75 Å². The van der Waals surface area contributed by atoms with E-state index in [0.29, 0.717) is 31.1 Å². The molecule has 2 N–H and O–H groups in total. The van der Waals surface area contributed by atoms with E-state index in [4.69, 9.17) is 0 Å². The van der Waals surface area contributed by atoms with Crippen LogP contribution in [0.4, 0.5) is 26.3 Å². The third-order valence-corrected chi connectivity index (χ3v) is 12.6. The van der Waals surface area contributed by atoms with Gasteiger partial charge in [-0.15, -0.1) is 0 Å². The Morgan fingerprint density at radius 3 is 2.16 bits per heavy atom. The van der Waals surface area contributed by atoms with Crippen LogP contribution in [0.2, 0.25) is 0 Å². The van der Waals surface area contributed by atoms with Gasteiger partial charge in [-0.1, -0.05) is 90.0 Å². The number of alkyl halides is 6. The maximum Gasteiger partial charge on any atom is 0.453 e. The average Bonchev–Trinajstić information content (AvgIpc) is 3.43. The molecule has 0 bridgehead atoms. The number of aliphatic hydroxyl groups excluding tert-OH is 1. The van der Waals surface area contributed by atoms with Crippen molar-refractivity contribution < 1.29 is 36.6 Å². The van der Waals surface area contributed by atoms with E-state index in [2.05, 4.69) is 18.9 Å². The first-order valence-electron chi connectivity index (χ1n) is 20.1. The van der Waals surface area contributed by atoms with Crippen molar-refractivity contribution in [1.29, 1.82) is 0 Å². The first kappa shape index (κ1) is 41.3. The number of fused-ring (bicyclic) bond motifs is 5. The molecule has 4 rings (SSSR count). The van der Waals surface area contributed by atoms with Crippen LogP contribution in [0.15, 0.2) is 18.2 Å². The molecule has 0 heterocycles. The smallest absolute Gasteiger partial charge is 0.453 e. The number of phenols is 1. The fraction of sp³-hybridized carbons (Fsp3) is 0.854. The molecule has 288 valence electrons. The van der Waals surface area contributed by atoms with Gasteiger partial charge in [0.05, 0.1) is 6.10 Å². The van der Waals surface area contributed by atoms with Crippen molar-refractivity contribution in [3.63, 3.8) is 0 Å². The van der Waals surface area contributed by atoms with Crippen molar-refractivity contribution in [2.24, 2.45) is 29.6 Å². The van der Waals surface area contributed by atoms with Gasteiger partial charge in [0.1, 0.15) is 11.9 Å². The van der Waals surface area contributed by atoms with Gasteiger partial charge in [-0.05, 0) is 124 Å². The van der Waals surface area contributed by atoms with Crippen LogP contribution in [-0.4, -0.2) is 59.6 Å². The van der Waals surface area contributed by atoms with E-state index in [-0.39, 0.29) is 36.0 Å². The molecule has 0 radical (unpaired) electrons. The van der Waals surface area contributed by atoms with E-state index in [1.165, 1.54) is 51.4 Å². The number of hydrogen-bond donors (Lipinski definition) is 2. The average molecular weight is 718 g/mol. The predicted molar refractivity (Wildman–Crippen MR) is 189 cm³/mol. The van der Waals surface area contributed by atoms with Crippen LogP contribution in [0.3, 0.4) is 0 Å². The fourth-order valence-electron chi connectivity index (χ4n) is 9.92. The molecule has 50 heavy (non-hydrogen) atoms. The lowest BCUT2D eigenvalue weighted by atomic mass is 9.55. The molecule has 0 aliphatic heterocycles. The van der Waals surface area contributed by atoms with Crippen LogP contribution >= 0.6 is 0 Å². The van der Waals surface area contributed by atoms with Gasteiger partial charge in [0.15, 0.2) is 0 Å². The first-order chi connectivity index (χ1) is 23.8. The molecule has 8 atom stereocenters. The van der Waals surface area contributed by atoms with Crippen LogP contribution in [0.1, 0.15) is 152 Å². The molecular weight excluding hydrogens is 652 g/mol. The zero-order chi connectivity index (χ0) is 36.3. The number of aliphatic hydroxyl groups is 1. The summed E-state index contributed by atoms with van der Waals surface area (Å²) in [5.74, 6) is -2.54. The van der Waals surface area contributed by atoms with E-state index < -0.39 is 24.7 Å². The van der Waals surface area contributed by atoms with Crippen molar-refractivity contribution in [2.45, 2.75) is 172 Å². The maximum absolute atomic E-state index is 15.9. The molecule has 2 saturated carbocycles. The van der Waals surface area contributed by atoms with Gasteiger partial charge in [0.2, 0.25) is 0 Å². The fourth-order valence-corrected chi connectivity index (χ4v) is 9.92. The first-order valence-corrected chi connectivity index (χ1v) is 20.1. The van der Waals surface area contributed by atoms with Crippen molar-refractivity contribution >= 4 is 0 Å². The molecule has 5 unspecified atom stereocenters. The number of aromatic hydroxyl groups is 1. The summed E-state index contributed by atoms with van der Waals surface area (Å²) in [6.07, 6.45) is 11.3. The summed E-state index contributed by atoms with van der Waals surface area (Å²) in [4.78, 5) is 2.30. The Balaban J connectivity index is 1.13. The zero-order valence-electron chi connectivity index (χ0n) is 30.7. The number of unbranched alkanes of at least 4 members (excludes halogenated alkanes) is 8. The number of rotatable bonds is 22. The lowest BCUT2D eigenvalue weighted by molar-refractivity contribution is -0.284. The van der Waals surface area contributed by atoms with Crippen molar-refractivity contribution in [3.05, 3.63) is 29.3 Å². The molecule has 0 spiro atoms. The van der Waals surface area contributed by atoms with Gasteiger partial charge in [-0.25, -0.2) is 4.39 Å². The monoisotopic (exact) mass is 717 g/mol. The lowest BCUT2D eigenvalue weighted by Crippen LogP contribution is -2.46. The van der Waals surface area contributed by atoms with E-state index in [9.17, 15) is 32.2 Å². The summed E-state index contributed by atoms with van der Waals surface area (Å²) >= 11 is 0. The highest BCUT2D eigenvalue weighted by Gasteiger charge is 2.56. The van der Waals surface area contributed by atoms with Crippen LogP contribution in [0.25, 0.3) is 0 Å². The number of hydrogen-bond acceptors (Lipinski definition) is 3. The molecule has 1 aromatic carbocycles. The number of halogens is 6. The molecule has 0 saturated heterocycles. The summed E-state index contributed by atoms with van der Waals surface area (Å²) in [7, 11) is 2.10. The Morgan fingerprint density at radius 2 is 1.46 bits per heavy atom. The van der Waals surface area contributed by atoms with Gasteiger partial charge >= 0.3 is 12.1 Å². The summed E-state index contributed by atoms with van der Waals surface area (Å²) < 4.78 is 78.7. The minimum absolute atomic E-state index is 0.0864. The minimum Gasteiger partial charge on any atom is -0.508 e. The highest BCUT2D eigenvalue weighted by atomic mass is 19.4. The van der Waals surface area contributed by atoms with Gasteiger partial charge in [-0.3, -0.25) is 0 Å². The second kappa shape index (κ2) is 19.6. The third kappa shape index (κ3) is 11.5. The van der Waals surface area contributed by atoms with Gasteiger partial charge < -0.3 is 15.1 Å². The molecule has 0 aromatic heterocycles. The van der Waals surface area contributed by atoms with Gasteiger partial charge in [0.25, 0.3) is 0 Å². The molecule has 0 amide bonds. The highest BCUT2D eigenvalue weighted by Crippen LogP contribution is 2.58. The van der Waals surface area contributed by atoms with E-state index >= 15 is 4.39 Å². The summed E-state index contributed by atoms with van der Waals surface area (Å²) in [6.45, 7) is 4.19. The van der Waals surface area contributed by atoms with Gasteiger partial charge in [0, 0.05) is 12.3 Å². The number of benzene rings is 1. The second-order valence-corrected chi connectivity index (χ2v) is 16.3. The summed E-state index contributed by atoms with van der Waals surface area (Å²) in [5.41, 5.74) is 2.21. The largest absolute Gasteiger partial charge is 0.508 e. The molecular formula is C41H65F6NO2. The Bertz CT molecular complexity index is 1130. The Labute approximate surface area is 298 Å². The van der Waals surface area contributed by atoms with Crippen LogP contribution in [0, 0.1) is 29.6 Å². The maximum atomic E-state index is 15.9. The Hall–Kier alpha value is -1.48. The zero-order valence-corrected chi connectivity index (χ0v) is 30.7. The predicted octanol–water partition coefficient (Wildman–Crippen LogP) is 11.8. The summed E-state index contributed by atoms with van der Waals surface area (Å²) in [6, 6.07) is 5.54. The van der Waals surface area contributed by atoms with Crippen molar-refractivity contribution in [2.75, 3.05) is 20.1 Å². The minimum atomic E-state index is -5.45. The Morgan fingerprint density at radius 1 is 0.820 bits per heavy atom. The highest BCUT2D eigenvalue weighted by molar-refractivity contribution is 5.41. The lowest BCUT2D eigenvalue weighted by Gasteiger charge is -2.50. The topological polar surface area (TPSA) is 43.7 Å². The second-order valence-electron chi connectivity index (χ2n) is 16.3. The molecule has 3 aliphatic carbocycles. The van der Waals surface area contributed by atoms with E-state index in [1.807, 2.05) is 12.1 Å². The van der Waals surface area contributed by atoms with Crippen LogP contribution < -0.4 is 0 Å². The molecule has 3 nitrogen and oxygen atoms in total. The standard InChI is InChI=1S/C41H65F6NO2/c1-3-4-15-29(16-9-8-14-25-48(2)24-13-7-5-6-12-23-40(43,44)41(45,46)47)17-10-11-18-30-26-31-27-32(49)19-20-33(31)39-36(42)28-35-34(38(30)39)21-22-37(35)50/h19-20,27,29-30,34-39,49-50H,3-18,21-26,28H2,1-2H3/t29?,30-,34?,35?,36+,37+,38?,39?/m1/s1. The van der Waals surface area contributed by atoms with Crippen LogP contribution in [-0.2, 0) is 6.42 Å². The quantitative estimate of drug-likeness (QED) is 0.0927. The summed E-state index contributed by atoms with van der Waals surface area (Å²) in [5, 5.41) is 20.9. The van der Waals surface area contributed by atoms with Gasteiger partial charge in [-0.2, -0.15) is 22.0 Å². The number of phenolic OH excluding ortho intramolecular Hbond substituents is 1.